The molecule has 0 aromatic heterocycles. The van der Waals surface area contributed by atoms with Gasteiger partial charge in [0.1, 0.15) is 18.3 Å². The van der Waals surface area contributed by atoms with Gasteiger partial charge in [0, 0.05) is 23.3 Å². The fraction of sp³-hybridized carbons (Fsp3) is 0.278. The molecule has 0 bridgehead atoms. The van der Waals surface area contributed by atoms with Crippen molar-refractivity contribution in [1.82, 2.24) is 5.32 Å². The van der Waals surface area contributed by atoms with Gasteiger partial charge in [0.05, 0.1) is 16.7 Å². The largest absolute Gasteiger partial charge is 0.342 e. The molecule has 3 rings (SSSR count). The molecule has 2 aromatic rings. The first kappa shape index (κ1) is 19.0. The van der Waals surface area contributed by atoms with Gasteiger partial charge < -0.3 is 10.6 Å². The Morgan fingerprint density at radius 3 is 2.41 bits per heavy atom. The number of carbonyl (C=O) groups excluding carboxylic acids is 1. The lowest BCUT2D eigenvalue weighted by atomic mass is 10.1. The van der Waals surface area contributed by atoms with E-state index in [4.69, 9.17) is 0 Å². The number of hydrogen-bond donors (Lipinski definition) is 2. The summed E-state index contributed by atoms with van der Waals surface area (Å²) in [7, 11) is -3.23. The Morgan fingerprint density at radius 1 is 1.11 bits per heavy atom. The average molecular weight is 390 g/mol. The number of sulfone groups is 1. The monoisotopic (exact) mass is 390 g/mol. The number of amides is 1. The highest BCUT2D eigenvalue weighted by Gasteiger charge is 2.41. The maximum atomic E-state index is 12.4. The van der Waals surface area contributed by atoms with E-state index in [1.165, 1.54) is 24.3 Å². The number of rotatable bonds is 6. The van der Waals surface area contributed by atoms with Gasteiger partial charge in [-0.3, -0.25) is 14.9 Å². The summed E-state index contributed by atoms with van der Waals surface area (Å²) < 4.78 is 24.1. The highest BCUT2D eigenvalue weighted by molar-refractivity contribution is 7.91. The standard InChI is InChI=1S/C18H19N3O5S/c22-18(14-6-8-15(9-7-14)21(23)24)20-17-12-27(25,26)11-16(17)19-10-13-4-2-1-3-5-13/h1-9,16-17,19H,10-12H2,(H,20,22)/p+1/t16-,17-/m0/s1. The highest BCUT2D eigenvalue weighted by Crippen LogP contribution is 2.14. The molecule has 0 spiro atoms. The van der Waals surface area contributed by atoms with Crippen LogP contribution in [-0.2, 0) is 16.4 Å². The van der Waals surface area contributed by atoms with E-state index >= 15 is 0 Å². The van der Waals surface area contributed by atoms with E-state index in [0.717, 1.165) is 5.56 Å². The average Bonchev–Trinajstić information content (AvgIpc) is 2.94. The zero-order chi connectivity index (χ0) is 19.4. The van der Waals surface area contributed by atoms with Crippen LogP contribution in [0.4, 0.5) is 5.69 Å². The summed E-state index contributed by atoms with van der Waals surface area (Å²) >= 11 is 0. The van der Waals surface area contributed by atoms with Crippen molar-refractivity contribution in [3.8, 4) is 0 Å². The number of non-ortho nitro benzene ring substituents is 1. The smallest absolute Gasteiger partial charge is 0.269 e. The van der Waals surface area contributed by atoms with Crippen molar-refractivity contribution in [3.63, 3.8) is 0 Å². The minimum absolute atomic E-state index is 0.00500. The topological polar surface area (TPSA) is 123 Å². The molecule has 2 aromatic carbocycles. The minimum atomic E-state index is -3.23. The lowest BCUT2D eigenvalue weighted by Gasteiger charge is -2.18. The molecule has 0 saturated carbocycles. The van der Waals surface area contributed by atoms with Crippen molar-refractivity contribution in [2.24, 2.45) is 0 Å². The number of nitro benzene ring substituents is 1. The van der Waals surface area contributed by atoms with Gasteiger partial charge in [0.2, 0.25) is 0 Å². The maximum Gasteiger partial charge on any atom is 0.269 e. The van der Waals surface area contributed by atoms with Gasteiger partial charge in [-0.05, 0) is 12.1 Å². The van der Waals surface area contributed by atoms with Crippen molar-refractivity contribution in [1.29, 1.82) is 0 Å². The summed E-state index contributed by atoms with van der Waals surface area (Å²) in [5.41, 5.74) is 1.22. The maximum absolute atomic E-state index is 12.4. The normalized spacial score (nSPS) is 20.9. The van der Waals surface area contributed by atoms with Crippen molar-refractivity contribution in [2.75, 3.05) is 11.5 Å². The second-order valence-electron chi connectivity index (χ2n) is 6.55. The summed E-state index contributed by atoms with van der Waals surface area (Å²) in [4.78, 5) is 22.6. The summed E-state index contributed by atoms with van der Waals surface area (Å²) in [6.45, 7) is 0.616. The number of carbonyl (C=O) groups is 1. The molecule has 9 heteroatoms. The molecular weight excluding hydrogens is 370 g/mol. The van der Waals surface area contributed by atoms with Crippen LogP contribution in [0.2, 0.25) is 0 Å². The molecule has 1 heterocycles. The molecule has 27 heavy (non-hydrogen) atoms. The third-order valence-electron chi connectivity index (χ3n) is 4.55. The number of nitrogens with two attached hydrogens (primary N) is 1. The number of hydrogen-bond acceptors (Lipinski definition) is 5. The molecular formula is C18H20N3O5S+. The van der Waals surface area contributed by atoms with E-state index < -0.39 is 26.7 Å². The SMILES string of the molecule is O=C(N[C@H]1CS(=O)(=O)C[C@@H]1[NH2+]Cc1ccccc1)c1ccc([N+](=O)[O-])cc1. The van der Waals surface area contributed by atoms with Gasteiger partial charge >= 0.3 is 0 Å². The van der Waals surface area contributed by atoms with Crippen molar-refractivity contribution in [3.05, 3.63) is 75.8 Å². The molecule has 1 amide bonds. The van der Waals surface area contributed by atoms with E-state index in [0.29, 0.717) is 6.54 Å². The molecule has 8 nitrogen and oxygen atoms in total. The van der Waals surface area contributed by atoms with Gasteiger partial charge in [-0.2, -0.15) is 0 Å². The van der Waals surface area contributed by atoms with Crippen LogP contribution in [0, 0.1) is 10.1 Å². The molecule has 1 aliphatic heterocycles. The van der Waals surface area contributed by atoms with Crippen molar-refractivity contribution < 1.29 is 23.5 Å². The van der Waals surface area contributed by atoms with Gasteiger partial charge in [-0.1, -0.05) is 30.3 Å². The third-order valence-corrected chi connectivity index (χ3v) is 6.31. The van der Waals surface area contributed by atoms with E-state index in [1.54, 1.807) is 0 Å². The minimum Gasteiger partial charge on any atom is -0.342 e. The Bertz CT molecular complexity index is 929. The van der Waals surface area contributed by atoms with E-state index in [1.807, 2.05) is 35.6 Å². The second-order valence-corrected chi connectivity index (χ2v) is 8.70. The van der Waals surface area contributed by atoms with Crippen LogP contribution < -0.4 is 10.6 Å². The summed E-state index contributed by atoms with van der Waals surface area (Å²) in [5.74, 6) is -0.544. The van der Waals surface area contributed by atoms with Gasteiger partial charge in [0.25, 0.3) is 11.6 Å². The van der Waals surface area contributed by atoms with Gasteiger partial charge in [-0.15, -0.1) is 0 Å². The molecule has 142 valence electrons. The fourth-order valence-corrected chi connectivity index (χ4v) is 5.11. The second kappa shape index (κ2) is 7.85. The summed E-state index contributed by atoms with van der Waals surface area (Å²) in [6, 6.07) is 14.1. The fourth-order valence-electron chi connectivity index (χ4n) is 3.14. The highest BCUT2D eigenvalue weighted by atomic mass is 32.2. The number of nitrogens with one attached hydrogen (secondary N) is 1. The number of quaternary nitrogens is 1. The summed E-state index contributed by atoms with van der Waals surface area (Å²) in [6.07, 6.45) is 0. The van der Waals surface area contributed by atoms with Crippen molar-refractivity contribution >= 4 is 21.4 Å². The molecule has 0 aliphatic carbocycles. The van der Waals surface area contributed by atoms with E-state index in [-0.39, 0.29) is 28.8 Å². The Kier molecular flexibility index (Phi) is 5.52. The lowest BCUT2D eigenvalue weighted by Crippen LogP contribution is -2.92. The molecule has 2 atom stereocenters. The number of nitrogens with zero attached hydrogens (tertiary/aromatic N) is 1. The Labute approximate surface area is 156 Å². The number of nitro groups is 1. The zero-order valence-corrected chi connectivity index (χ0v) is 15.3. The predicted molar refractivity (Wildman–Crippen MR) is 98.9 cm³/mol. The molecule has 1 fully saturated rings. The van der Waals surface area contributed by atoms with Crippen LogP contribution >= 0.6 is 0 Å². The zero-order valence-electron chi connectivity index (χ0n) is 14.4. The quantitative estimate of drug-likeness (QED) is 0.541. The van der Waals surface area contributed by atoms with Crippen LogP contribution in [0.25, 0.3) is 0 Å². The third kappa shape index (κ3) is 4.89. The Morgan fingerprint density at radius 2 is 1.78 bits per heavy atom. The van der Waals surface area contributed by atoms with Crippen LogP contribution in [0.5, 0.6) is 0 Å². The molecule has 3 N–H and O–H groups in total. The van der Waals surface area contributed by atoms with Crippen LogP contribution in [0.1, 0.15) is 15.9 Å². The van der Waals surface area contributed by atoms with E-state index in [9.17, 15) is 23.3 Å². The first-order chi connectivity index (χ1) is 12.8. The van der Waals surface area contributed by atoms with E-state index in [2.05, 4.69) is 5.32 Å². The summed E-state index contributed by atoms with van der Waals surface area (Å²) in [5, 5.41) is 15.4. The van der Waals surface area contributed by atoms with Crippen LogP contribution in [0.15, 0.2) is 54.6 Å². The lowest BCUT2D eigenvalue weighted by molar-refractivity contribution is -0.701. The van der Waals surface area contributed by atoms with Gasteiger partial charge in [0.15, 0.2) is 9.84 Å². The Balaban J connectivity index is 1.67. The van der Waals surface area contributed by atoms with Crippen LogP contribution in [-0.4, -0.2) is 42.8 Å². The van der Waals surface area contributed by atoms with Crippen molar-refractivity contribution in [2.45, 2.75) is 18.6 Å². The molecule has 0 unspecified atom stereocenters. The van der Waals surface area contributed by atoms with Gasteiger partial charge in [-0.25, -0.2) is 8.42 Å². The first-order valence-electron chi connectivity index (χ1n) is 8.47. The molecule has 0 radical (unpaired) electrons. The first-order valence-corrected chi connectivity index (χ1v) is 10.3. The Hall–Kier alpha value is -2.78. The number of benzene rings is 2. The van der Waals surface area contributed by atoms with Crippen LogP contribution in [0.3, 0.4) is 0 Å². The molecule has 1 saturated heterocycles. The molecule has 1 aliphatic rings. The predicted octanol–water partition coefficient (Wildman–Crippen LogP) is 0.254.